The van der Waals surface area contributed by atoms with Crippen molar-refractivity contribution in [1.82, 2.24) is 9.88 Å². The predicted octanol–water partition coefficient (Wildman–Crippen LogP) is 1.32. The van der Waals surface area contributed by atoms with Crippen LogP contribution < -0.4 is 10.1 Å². The van der Waals surface area contributed by atoms with Crippen molar-refractivity contribution in [2.24, 2.45) is 0 Å². The zero-order valence-electron chi connectivity index (χ0n) is 12.3. The Morgan fingerprint density at radius 3 is 2.57 bits per heavy atom. The topological polar surface area (TPSA) is 88.6 Å². The van der Waals surface area contributed by atoms with Gasteiger partial charge in [0.15, 0.2) is 0 Å². The molecule has 7 nitrogen and oxygen atoms in total. The molecule has 0 fully saturated rings. The van der Waals surface area contributed by atoms with Crippen LogP contribution in [0, 0.1) is 0 Å². The third-order valence-corrected chi connectivity index (χ3v) is 3.41. The lowest BCUT2D eigenvalue weighted by atomic mass is 10.2. The molecule has 1 N–H and O–H groups in total. The van der Waals surface area contributed by atoms with E-state index < -0.39 is 17.7 Å². The van der Waals surface area contributed by atoms with Crippen LogP contribution in [0.3, 0.4) is 0 Å². The van der Waals surface area contributed by atoms with Crippen LogP contribution in [0.4, 0.5) is 5.69 Å². The summed E-state index contributed by atoms with van der Waals surface area (Å²) in [6.07, 6.45) is 1.44. The number of methoxy groups -OCH3 is 1. The van der Waals surface area contributed by atoms with Crippen LogP contribution in [0.2, 0.25) is 0 Å². The Morgan fingerprint density at radius 2 is 1.91 bits per heavy atom. The largest absolute Gasteiger partial charge is 0.497 e. The fourth-order valence-electron chi connectivity index (χ4n) is 2.28. The SMILES string of the molecule is COc1ccc(NC(=O)CN2C(=O)c3cccnc3C2=O)cc1. The summed E-state index contributed by atoms with van der Waals surface area (Å²) in [7, 11) is 1.55. The van der Waals surface area contributed by atoms with Crippen molar-refractivity contribution in [2.75, 3.05) is 19.0 Å². The first-order chi connectivity index (χ1) is 11.1. The number of ether oxygens (including phenoxy) is 1. The molecule has 0 aliphatic carbocycles. The number of hydrogen-bond acceptors (Lipinski definition) is 5. The molecule has 23 heavy (non-hydrogen) atoms. The standard InChI is InChI=1S/C16H13N3O4/c1-23-11-6-4-10(5-7-11)18-13(20)9-19-15(21)12-3-2-8-17-14(12)16(19)22/h2-8H,9H2,1H3,(H,18,20). The van der Waals surface area contributed by atoms with Crippen LogP contribution in [0.5, 0.6) is 5.75 Å². The van der Waals surface area contributed by atoms with E-state index in [1.54, 1.807) is 37.4 Å². The minimum absolute atomic E-state index is 0.0785. The third kappa shape index (κ3) is 2.76. The van der Waals surface area contributed by atoms with Crippen LogP contribution >= 0.6 is 0 Å². The molecule has 116 valence electrons. The van der Waals surface area contributed by atoms with E-state index in [0.29, 0.717) is 11.4 Å². The van der Waals surface area contributed by atoms with Crippen molar-refractivity contribution in [3.63, 3.8) is 0 Å². The molecule has 0 saturated heterocycles. The highest BCUT2D eigenvalue weighted by Gasteiger charge is 2.37. The molecule has 2 aromatic rings. The second-order valence-corrected chi connectivity index (χ2v) is 4.87. The fraction of sp³-hybridized carbons (Fsp3) is 0.125. The Bertz CT molecular complexity index is 751. The van der Waals surface area contributed by atoms with Gasteiger partial charge in [0.25, 0.3) is 11.8 Å². The average Bonchev–Trinajstić information content (AvgIpc) is 2.81. The molecule has 3 amide bonds. The first-order valence-corrected chi connectivity index (χ1v) is 6.85. The third-order valence-electron chi connectivity index (χ3n) is 3.41. The number of nitrogens with zero attached hydrogens (tertiary/aromatic N) is 2. The normalized spacial score (nSPS) is 13.0. The smallest absolute Gasteiger partial charge is 0.280 e. The summed E-state index contributed by atoms with van der Waals surface area (Å²) in [6.45, 7) is -0.361. The molecule has 1 aromatic heterocycles. The quantitative estimate of drug-likeness (QED) is 0.860. The summed E-state index contributed by atoms with van der Waals surface area (Å²) in [6, 6.07) is 9.82. The van der Waals surface area contributed by atoms with Gasteiger partial charge in [0.05, 0.1) is 12.7 Å². The lowest BCUT2D eigenvalue weighted by Gasteiger charge is -2.13. The van der Waals surface area contributed by atoms with Gasteiger partial charge in [-0.15, -0.1) is 0 Å². The molecule has 1 aliphatic rings. The summed E-state index contributed by atoms with van der Waals surface area (Å²) in [4.78, 5) is 41.1. The van der Waals surface area contributed by atoms with Crippen molar-refractivity contribution in [3.8, 4) is 5.75 Å². The van der Waals surface area contributed by atoms with Gasteiger partial charge in [0, 0.05) is 11.9 Å². The molecule has 0 saturated carbocycles. The number of carbonyl (C=O) groups is 3. The van der Waals surface area contributed by atoms with Crippen molar-refractivity contribution in [2.45, 2.75) is 0 Å². The monoisotopic (exact) mass is 311 g/mol. The van der Waals surface area contributed by atoms with Crippen LogP contribution in [0.15, 0.2) is 42.6 Å². The number of fused-ring (bicyclic) bond motifs is 1. The lowest BCUT2D eigenvalue weighted by molar-refractivity contribution is -0.116. The highest BCUT2D eigenvalue weighted by Crippen LogP contribution is 2.20. The van der Waals surface area contributed by atoms with Gasteiger partial charge in [-0.1, -0.05) is 0 Å². The van der Waals surface area contributed by atoms with Crippen molar-refractivity contribution in [1.29, 1.82) is 0 Å². The maximum Gasteiger partial charge on any atom is 0.280 e. The molecule has 1 aromatic carbocycles. The summed E-state index contributed by atoms with van der Waals surface area (Å²) < 4.78 is 5.03. The highest BCUT2D eigenvalue weighted by atomic mass is 16.5. The molecule has 0 unspecified atom stereocenters. The van der Waals surface area contributed by atoms with Crippen molar-refractivity contribution >= 4 is 23.4 Å². The number of anilines is 1. The minimum atomic E-state index is -0.560. The number of benzene rings is 1. The van der Waals surface area contributed by atoms with Gasteiger partial charge in [0.1, 0.15) is 18.0 Å². The first-order valence-electron chi connectivity index (χ1n) is 6.85. The van der Waals surface area contributed by atoms with Crippen LogP contribution in [0.25, 0.3) is 0 Å². The van der Waals surface area contributed by atoms with Gasteiger partial charge in [-0.05, 0) is 36.4 Å². The Labute approximate surface area is 131 Å². The number of imide groups is 1. The molecule has 0 atom stereocenters. The molecule has 0 radical (unpaired) electrons. The Balaban J connectivity index is 1.69. The van der Waals surface area contributed by atoms with Crippen molar-refractivity contribution in [3.05, 3.63) is 53.9 Å². The van der Waals surface area contributed by atoms with Gasteiger partial charge in [-0.3, -0.25) is 24.3 Å². The number of hydrogen-bond donors (Lipinski definition) is 1. The van der Waals surface area contributed by atoms with Gasteiger partial charge >= 0.3 is 0 Å². The average molecular weight is 311 g/mol. The van der Waals surface area contributed by atoms with Crippen LogP contribution in [0.1, 0.15) is 20.8 Å². The van der Waals surface area contributed by atoms with Gasteiger partial charge < -0.3 is 10.1 Å². The number of nitrogens with one attached hydrogen (secondary N) is 1. The molecule has 3 rings (SSSR count). The van der Waals surface area contributed by atoms with E-state index in [4.69, 9.17) is 4.74 Å². The van der Waals surface area contributed by atoms with E-state index in [0.717, 1.165) is 4.90 Å². The summed E-state index contributed by atoms with van der Waals surface area (Å²) in [5.41, 5.74) is 0.843. The summed E-state index contributed by atoms with van der Waals surface area (Å²) >= 11 is 0. The molecular weight excluding hydrogens is 298 g/mol. The van der Waals surface area contributed by atoms with E-state index >= 15 is 0 Å². The van der Waals surface area contributed by atoms with E-state index in [2.05, 4.69) is 10.3 Å². The second kappa shape index (κ2) is 5.88. The summed E-state index contributed by atoms with van der Waals surface area (Å²) in [5, 5.41) is 2.63. The van der Waals surface area contributed by atoms with E-state index in [-0.39, 0.29) is 17.8 Å². The Hall–Kier alpha value is -3.22. The van der Waals surface area contributed by atoms with E-state index in [1.165, 1.54) is 12.3 Å². The van der Waals surface area contributed by atoms with Gasteiger partial charge in [-0.2, -0.15) is 0 Å². The molecule has 1 aliphatic heterocycles. The van der Waals surface area contributed by atoms with E-state index in [1.807, 2.05) is 0 Å². The summed E-state index contributed by atoms with van der Waals surface area (Å²) in [5.74, 6) is -0.877. The van der Waals surface area contributed by atoms with Crippen LogP contribution in [-0.4, -0.2) is 41.3 Å². The molecule has 0 spiro atoms. The molecule has 2 heterocycles. The number of amides is 3. The second-order valence-electron chi connectivity index (χ2n) is 4.87. The first kappa shape index (κ1) is 14.7. The van der Waals surface area contributed by atoms with Gasteiger partial charge in [-0.25, -0.2) is 0 Å². The highest BCUT2D eigenvalue weighted by molar-refractivity contribution is 6.21. The molecule has 7 heteroatoms. The van der Waals surface area contributed by atoms with Gasteiger partial charge in [0.2, 0.25) is 5.91 Å². The zero-order valence-corrected chi connectivity index (χ0v) is 12.3. The Kier molecular flexibility index (Phi) is 3.76. The fourth-order valence-corrected chi connectivity index (χ4v) is 2.28. The maximum atomic E-state index is 12.1. The molecular formula is C16H13N3O4. The lowest BCUT2D eigenvalue weighted by Crippen LogP contribution is -2.37. The maximum absolute atomic E-state index is 12.1. The minimum Gasteiger partial charge on any atom is -0.497 e. The van der Waals surface area contributed by atoms with E-state index in [9.17, 15) is 14.4 Å². The zero-order chi connectivity index (χ0) is 16.4. The van der Waals surface area contributed by atoms with Crippen LogP contribution in [-0.2, 0) is 4.79 Å². The number of aromatic nitrogens is 1. The number of carbonyl (C=O) groups excluding carboxylic acids is 3. The predicted molar refractivity (Wildman–Crippen MR) is 81.2 cm³/mol. The number of pyridine rings is 1. The number of rotatable bonds is 4. The Morgan fingerprint density at radius 1 is 1.17 bits per heavy atom. The van der Waals surface area contributed by atoms with Crippen molar-refractivity contribution < 1.29 is 19.1 Å². The molecule has 0 bridgehead atoms.